The zero-order valence-electron chi connectivity index (χ0n) is 11.8. The Morgan fingerprint density at radius 1 is 1.05 bits per heavy atom. The van der Waals surface area contributed by atoms with E-state index in [4.69, 9.17) is 4.74 Å². The summed E-state index contributed by atoms with van der Waals surface area (Å²) in [6.45, 7) is 2.45. The summed E-state index contributed by atoms with van der Waals surface area (Å²) in [5, 5.41) is 2.43. The van der Waals surface area contributed by atoms with Crippen LogP contribution in [-0.4, -0.2) is 31.3 Å². The van der Waals surface area contributed by atoms with Gasteiger partial charge in [0.15, 0.2) is 0 Å². The van der Waals surface area contributed by atoms with Gasteiger partial charge in [0.2, 0.25) is 0 Å². The third kappa shape index (κ3) is 3.10. The van der Waals surface area contributed by atoms with E-state index in [1.165, 1.54) is 50.8 Å². The summed E-state index contributed by atoms with van der Waals surface area (Å²) in [4.78, 5) is 0. The van der Waals surface area contributed by atoms with Crippen LogP contribution < -0.4 is 10.2 Å². The quantitative estimate of drug-likeness (QED) is 0.901. The first kappa shape index (κ1) is 12.9. The summed E-state index contributed by atoms with van der Waals surface area (Å²) in [5.41, 5.74) is 5.14. The molecule has 104 valence electrons. The van der Waals surface area contributed by atoms with Crippen molar-refractivity contribution >= 4 is 0 Å². The first-order chi connectivity index (χ1) is 9.35. The Hall–Kier alpha value is -1.06. The Bertz CT molecular complexity index is 392. The van der Waals surface area contributed by atoms with E-state index in [0.29, 0.717) is 6.04 Å². The second-order valence-electron chi connectivity index (χ2n) is 5.82. The summed E-state index contributed by atoms with van der Waals surface area (Å²) in [6, 6.07) is 9.24. The Labute approximate surface area is 115 Å². The highest BCUT2D eigenvalue weighted by atomic mass is 16.5. The largest absolute Gasteiger partial charge is 0.497 e. The van der Waals surface area contributed by atoms with Gasteiger partial charge in [-0.05, 0) is 49.3 Å². The van der Waals surface area contributed by atoms with Crippen molar-refractivity contribution in [3.63, 3.8) is 0 Å². The number of hydrogen-bond acceptors (Lipinski definition) is 3. The van der Waals surface area contributed by atoms with Crippen LogP contribution in [0.3, 0.4) is 0 Å². The van der Waals surface area contributed by atoms with Crippen molar-refractivity contribution in [1.29, 1.82) is 0 Å². The molecular weight excluding hydrogens is 236 g/mol. The molecule has 0 amide bonds. The van der Waals surface area contributed by atoms with Crippen LogP contribution >= 0.6 is 0 Å². The van der Waals surface area contributed by atoms with E-state index in [-0.39, 0.29) is 0 Å². The zero-order chi connectivity index (χ0) is 13.1. The van der Waals surface area contributed by atoms with Crippen molar-refractivity contribution in [2.24, 2.45) is 0 Å². The average Bonchev–Trinajstić information content (AvgIpc) is 2.44. The van der Waals surface area contributed by atoms with Crippen molar-refractivity contribution in [3.8, 4) is 5.75 Å². The Morgan fingerprint density at radius 3 is 2.37 bits per heavy atom. The molecule has 0 radical (unpaired) electrons. The first-order valence-corrected chi connectivity index (χ1v) is 7.50. The predicted octanol–water partition coefficient (Wildman–Crippen LogP) is 2.93. The molecule has 0 spiro atoms. The number of rotatable bonds is 4. The highest BCUT2D eigenvalue weighted by molar-refractivity contribution is 5.30. The standard InChI is InChI=1S/C16H24N2O/c1-19-16-7-5-13(6-8-16)14-11-15(12-14)17-18-9-3-2-4-10-18/h5-8,14-15,17H,2-4,9-12H2,1H3. The molecule has 2 fully saturated rings. The molecule has 3 nitrogen and oxygen atoms in total. The van der Waals surface area contributed by atoms with Crippen LogP contribution in [-0.2, 0) is 0 Å². The molecule has 2 aliphatic rings. The van der Waals surface area contributed by atoms with Crippen LogP contribution in [0.15, 0.2) is 24.3 Å². The molecule has 1 saturated carbocycles. The van der Waals surface area contributed by atoms with Crippen LogP contribution in [0.5, 0.6) is 5.75 Å². The van der Waals surface area contributed by atoms with Crippen LogP contribution in [0.1, 0.15) is 43.6 Å². The van der Waals surface area contributed by atoms with E-state index in [0.717, 1.165) is 11.7 Å². The highest BCUT2D eigenvalue weighted by Crippen LogP contribution is 2.37. The maximum atomic E-state index is 5.20. The molecule has 1 aromatic carbocycles. The van der Waals surface area contributed by atoms with Crippen molar-refractivity contribution in [2.75, 3.05) is 20.2 Å². The number of hydrogen-bond donors (Lipinski definition) is 1. The van der Waals surface area contributed by atoms with Gasteiger partial charge in [0.25, 0.3) is 0 Å². The maximum Gasteiger partial charge on any atom is 0.118 e. The van der Waals surface area contributed by atoms with Gasteiger partial charge in [0.05, 0.1) is 7.11 Å². The van der Waals surface area contributed by atoms with E-state index in [1.807, 2.05) is 0 Å². The number of ether oxygens (including phenoxy) is 1. The normalized spacial score (nSPS) is 27.8. The minimum Gasteiger partial charge on any atom is -0.497 e. The van der Waals surface area contributed by atoms with Crippen molar-refractivity contribution < 1.29 is 4.74 Å². The lowest BCUT2D eigenvalue weighted by atomic mass is 9.76. The SMILES string of the molecule is COc1ccc(C2CC(NN3CCCCC3)C2)cc1. The molecule has 0 atom stereocenters. The molecule has 1 N–H and O–H groups in total. The summed E-state index contributed by atoms with van der Waals surface area (Å²) >= 11 is 0. The van der Waals surface area contributed by atoms with E-state index >= 15 is 0 Å². The van der Waals surface area contributed by atoms with Crippen molar-refractivity contribution in [3.05, 3.63) is 29.8 Å². The zero-order valence-corrected chi connectivity index (χ0v) is 11.8. The van der Waals surface area contributed by atoms with E-state index in [1.54, 1.807) is 7.11 Å². The maximum absolute atomic E-state index is 5.20. The second-order valence-corrected chi connectivity index (χ2v) is 5.82. The molecule has 1 heterocycles. The van der Waals surface area contributed by atoms with Gasteiger partial charge in [0.1, 0.15) is 5.75 Å². The molecule has 1 aromatic rings. The third-order valence-corrected chi connectivity index (χ3v) is 4.45. The number of methoxy groups -OCH3 is 1. The van der Waals surface area contributed by atoms with E-state index in [2.05, 4.69) is 34.7 Å². The number of piperidine rings is 1. The number of hydrazine groups is 1. The summed E-state index contributed by atoms with van der Waals surface area (Å²) in [6.07, 6.45) is 6.63. The second kappa shape index (κ2) is 5.93. The number of benzene rings is 1. The van der Waals surface area contributed by atoms with Gasteiger partial charge in [-0.3, -0.25) is 5.43 Å². The molecule has 0 aromatic heterocycles. The minimum atomic E-state index is 0.685. The summed E-state index contributed by atoms with van der Waals surface area (Å²) < 4.78 is 5.20. The Kier molecular flexibility index (Phi) is 4.04. The average molecular weight is 260 g/mol. The van der Waals surface area contributed by atoms with E-state index in [9.17, 15) is 0 Å². The molecule has 0 unspecified atom stereocenters. The predicted molar refractivity (Wildman–Crippen MR) is 77.3 cm³/mol. The molecule has 1 aliphatic heterocycles. The first-order valence-electron chi connectivity index (χ1n) is 7.50. The van der Waals surface area contributed by atoms with Crippen molar-refractivity contribution in [2.45, 2.75) is 44.1 Å². The topological polar surface area (TPSA) is 24.5 Å². The van der Waals surface area contributed by atoms with Crippen LogP contribution in [0.4, 0.5) is 0 Å². The lowest BCUT2D eigenvalue weighted by molar-refractivity contribution is 0.0917. The molecule has 1 aliphatic carbocycles. The number of nitrogens with one attached hydrogen (secondary N) is 1. The fourth-order valence-electron chi connectivity index (χ4n) is 3.15. The van der Waals surface area contributed by atoms with Crippen LogP contribution in [0, 0.1) is 0 Å². The Morgan fingerprint density at radius 2 is 1.74 bits per heavy atom. The molecule has 3 rings (SSSR count). The lowest BCUT2D eigenvalue weighted by Crippen LogP contribution is -2.51. The molecular formula is C16H24N2O. The van der Waals surface area contributed by atoms with Gasteiger partial charge in [-0.2, -0.15) is 0 Å². The van der Waals surface area contributed by atoms with Crippen LogP contribution in [0.2, 0.25) is 0 Å². The van der Waals surface area contributed by atoms with Gasteiger partial charge in [-0.25, -0.2) is 5.01 Å². The summed E-state index contributed by atoms with van der Waals surface area (Å²) in [5.74, 6) is 1.68. The fraction of sp³-hybridized carbons (Fsp3) is 0.625. The lowest BCUT2D eigenvalue weighted by Gasteiger charge is -2.41. The fourth-order valence-corrected chi connectivity index (χ4v) is 3.15. The van der Waals surface area contributed by atoms with Crippen LogP contribution in [0.25, 0.3) is 0 Å². The molecule has 0 bridgehead atoms. The van der Waals surface area contributed by atoms with Crippen molar-refractivity contribution in [1.82, 2.24) is 10.4 Å². The number of nitrogens with zero attached hydrogens (tertiary/aromatic N) is 1. The van der Waals surface area contributed by atoms with Gasteiger partial charge in [-0.15, -0.1) is 0 Å². The van der Waals surface area contributed by atoms with Gasteiger partial charge in [0, 0.05) is 19.1 Å². The molecule has 3 heteroatoms. The smallest absolute Gasteiger partial charge is 0.118 e. The van der Waals surface area contributed by atoms with Gasteiger partial charge in [-0.1, -0.05) is 18.6 Å². The molecule has 1 saturated heterocycles. The third-order valence-electron chi connectivity index (χ3n) is 4.45. The summed E-state index contributed by atoms with van der Waals surface area (Å²) in [7, 11) is 1.72. The van der Waals surface area contributed by atoms with Gasteiger partial charge < -0.3 is 4.74 Å². The Balaban J connectivity index is 1.46. The van der Waals surface area contributed by atoms with Gasteiger partial charge >= 0.3 is 0 Å². The molecule has 19 heavy (non-hydrogen) atoms. The highest BCUT2D eigenvalue weighted by Gasteiger charge is 2.31. The minimum absolute atomic E-state index is 0.685. The monoisotopic (exact) mass is 260 g/mol. The van der Waals surface area contributed by atoms with E-state index < -0.39 is 0 Å².